The van der Waals surface area contributed by atoms with Crippen molar-refractivity contribution in [1.29, 1.82) is 0 Å². The molecule has 0 saturated heterocycles. The average molecular weight is 352 g/mol. The van der Waals surface area contributed by atoms with Gasteiger partial charge in [0.25, 0.3) is 11.4 Å². The van der Waals surface area contributed by atoms with E-state index in [0.29, 0.717) is 3.53 Å². The van der Waals surface area contributed by atoms with Crippen LogP contribution in [0.25, 0.3) is 0 Å². The van der Waals surface area contributed by atoms with E-state index in [2.05, 4.69) is 0 Å². The maximum atomic E-state index is 10.6. The lowest BCUT2D eigenvalue weighted by molar-refractivity contribution is -0.385. The lowest BCUT2D eigenvalue weighted by Crippen LogP contribution is -1.88. The van der Waals surface area contributed by atoms with Crippen LogP contribution >= 0.6 is 35.7 Å². The number of hydrogen-bond acceptors (Lipinski definition) is 7. The number of non-ortho nitro benzene ring substituents is 2. The molecule has 0 radical (unpaired) electrons. The number of nitro groups is 2. The number of thiocarbonyl (C=S) groups is 1. The summed E-state index contributed by atoms with van der Waals surface area (Å²) in [4.78, 5) is 21.8. The summed E-state index contributed by atoms with van der Waals surface area (Å²) < 4.78 is 0.600. The third-order valence-corrected chi connectivity index (χ3v) is 4.85. The summed E-state index contributed by atoms with van der Waals surface area (Å²) in [5.41, 5.74) is 0.0524. The molecule has 2 aromatic rings. The van der Waals surface area contributed by atoms with Crippen LogP contribution in [0.2, 0.25) is 0 Å². The van der Waals surface area contributed by atoms with E-state index in [4.69, 9.17) is 12.2 Å². The Hall–Kier alpha value is -1.97. The van der Waals surface area contributed by atoms with E-state index in [9.17, 15) is 20.2 Å². The van der Waals surface area contributed by atoms with Crippen LogP contribution in [0.1, 0.15) is 0 Å². The van der Waals surface area contributed by atoms with Gasteiger partial charge in [0.05, 0.1) is 9.85 Å². The van der Waals surface area contributed by atoms with Crippen molar-refractivity contribution in [3.8, 4) is 0 Å². The van der Waals surface area contributed by atoms with Crippen LogP contribution in [-0.4, -0.2) is 13.4 Å². The molecule has 22 heavy (non-hydrogen) atoms. The van der Waals surface area contributed by atoms with Crippen molar-refractivity contribution < 1.29 is 9.85 Å². The molecule has 0 unspecified atom stereocenters. The number of hydrogen-bond donors (Lipinski definition) is 0. The fourth-order valence-corrected chi connectivity index (χ4v) is 3.74. The molecule has 2 rings (SSSR count). The van der Waals surface area contributed by atoms with Crippen molar-refractivity contribution in [2.45, 2.75) is 9.79 Å². The summed E-state index contributed by atoms with van der Waals surface area (Å²) in [5, 5.41) is 21.1. The van der Waals surface area contributed by atoms with Gasteiger partial charge < -0.3 is 0 Å². The third-order valence-electron chi connectivity index (χ3n) is 2.50. The zero-order valence-electron chi connectivity index (χ0n) is 10.9. The van der Waals surface area contributed by atoms with Gasteiger partial charge in [-0.2, -0.15) is 0 Å². The predicted octanol–water partition coefficient (Wildman–Crippen LogP) is 4.67. The van der Waals surface area contributed by atoms with Gasteiger partial charge in [-0.05, 0) is 24.3 Å². The van der Waals surface area contributed by atoms with Crippen LogP contribution in [0.4, 0.5) is 11.4 Å². The van der Waals surface area contributed by atoms with Crippen molar-refractivity contribution in [1.82, 2.24) is 0 Å². The summed E-state index contributed by atoms with van der Waals surface area (Å²) in [6.45, 7) is 0. The molecule has 0 aromatic heterocycles. The largest absolute Gasteiger partial charge is 0.269 e. The van der Waals surface area contributed by atoms with E-state index in [1.54, 1.807) is 24.3 Å². The maximum absolute atomic E-state index is 10.6. The zero-order chi connectivity index (χ0) is 16.1. The molecule has 0 aliphatic heterocycles. The van der Waals surface area contributed by atoms with Crippen LogP contribution in [0.5, 0.6) is 0 Å². The lowest BCUT2D eigenvalue weighted by atomic mass is 10.3. The van der Waals surface area contributed by atoms with Gasteiger partial charge >= 0.3 is 0 Å². The van der Waals surface area contributed by atoms with E-state index in [0.717, 1.165) is 9.79 Å². The zero-order valence-corrected chi connectivity index (χ0v) is 13.3. The number of nitro benzene ring substituents is 2. The first kappa shape index (κ1) is 16.4. The SMILES string of the molecule is O=[N+]([O-])c1ccc(SC(=S)Sc2ccc([N+](=O)[O-])cc2)cc1. The predicted molar refractivity (Wildman–Crippen MR) is 90.5 cm³/mol. The molecule has 0 bridgehead atoms. The fourth-order valence-electron chi connectivity index (χ4n) is 1.49. The molecule has 2 aromatic carbocycles. The van der Waals surface area contributed by atoms with Gasteiger partial charge in [-0.1, -0.05) is 35.7 Å². The molecule has 0 aliphatic carbocycles. The van der Waals surface area contributed by atoms with Gasteiger partial charge in [0.2, 0.25) is 0 Å². The number of thioether (sulfide) groups is 2. The van der Waals surface area contributed by atoms with Crippen molar-refractivity contribution in [3.05, 3.63) is 68.8 Å². The van der Waals surface area contributed by atoms with Gasteiger partial charge in [0, 0.05) is 34.1 Å². The van der Waals surface area contributed by atoms with E-state index in [-0.39, 0.29) is 11.4 Å². The Kier molecular flexibility index (Phi) is 5.47. The van der Waals surface area contributed by atoms with Gasteiger partial charge in [0.1, 0.15) is 3.53 Å². The Morgan fingerprint density at radius 3 is 1.36 bits per heavy atom. The maximum Gasteiger partial charge on any atom is 0.269 e. The van der Waals surface area contributed by atoms with Crippen molar-refractivity contribution in [2.75, 3.05) is 0 Å². The van der Waals surface area contributed by atoms with Crippen molar-refractivity contribution >= 4 is 50.6 Å². The summed E-state index contributed by atoms with van der Waals surface area (Å²) in [7, 11) is 0. The van der Waals surface area contributed by atoms with Gasteiger partial charge in [-0.3, -0.25) is 20.2 Å². The Bertz CT molecular complexity index is 656. The molecule has 0 spiro atoms. The third kappa shape index (κ3) is 4.52. The summed E-state index contributed by atoms with van der Waals surface area (Å²) in [6.07, 6.45) is 0. The first-order chi connectivity index (χ1) is 10.5. The van der Waals surface area contributed by atoms with Crippen LogP contribution in [0.15, 0.2) is 58.3 Å². The minimum Gasteiger partial charge on any atom is -0.258 e. The molecule has 0 N–H and O–H groups in total. The molecule has 0 heterocycles. The normalized spacial score (nSPS) is 10.2. The van der Waals surface area contributed by atoms with Crippen molar-refractivity contribution in [3.63, 3.8) is 0 Å². The molecular formula is C13H8N2O4S3. The standard InChI is InChI=1S/C13H8N2O4S3/c16-14(17)9-1-5-11(6-2-9)21-13(20)22-12-7-3-10(4-8-12)15(18)19/h1-8H. The van der Waals surface area contributed by atoms with Crippen LogP contribution < -0.4 is 0 Å². The molecular weight excluding hydrogens is 344 g/mol. The van der Waals surface area contributed by atoms with Crippen LogP contribution in [0.3, 0.4) is 0 Å². The minimum absolute atomic E-state index is 0.0262. The van der Waals surface area contributed by atoms with Crippen molar-refractivity contribution in [2.24, 2.45) is 0 Å². The molecule has 0 saturated carbocycles. The topological polar surface area (TPSA) is 86.3 Å². The highest BCUT2D eigenvalue weighted by Crippen LogP contribution is 2.32. The molecule has 6 nitrogen and oxygen atoms in total. The first-order valence-electron chi connectivity index (χ1n) is 5.84. The molecule has 0 amide bonds. The monoisotopic (exact) mass is 352 g/mol. The second kappa shape index (κ2) is 7.34. The minimum atomic E-state index is -0.460. The summed E-state index contributed by atoms with van der Waals surface area (Å²) in [6, 6.07) is 12.2. The highest BCUT2D eigenvalue weighted by Gasteiger charge is 2.09. The van der Waals surface area contributed by atoms with E-state index < -0.39 is 9.85 Å². The Morgan fingerprint density at radius 1 is 0.773 bits per heavy atom. The van der Waals surface area contributed by atoms with Gasteiger partial charge in [-0.15, -0.1) is 0 Å². The van der Waals surface area contributed by atoms with E-state index >= 15 is 0 Å². The quantitative estimate of drug-likeness (QED) is 0.342. The Morgan fingerprint density at radius 2 is 1.09 bits per heavy atom. The summed E-state index contributed by atoms with van der Waals surface area (Å²) >= 11 is 7.86. The summed E-state index contributed by atoms with van der Waals surface area (Å²) in [5.74, 6) is 0. The fraction of sp³-hybridized carbons (Fsp3) is 0. The number of rotatable bonds is 4. The first-order valence-corrected chi connectivity index (χ1v) is 7.88. The number of nitrogens with zero attached hydrogens (tertiary/aromatic N) is 2. The molecule has 9 heteroatoms. The van der Waals surface area contributed by atoms with Crippen LogP contribution in [0, 0.1) is 20.2 Å². The van der Waals surface area contributed by atoms with Gasteiger partial charge in [-0.25, -0.2) is 0 Å². The second-order valence-electron chi connectivity index (χ2n) is 3.96. The molecule has 0 fully saturated rings. The van der Waals surface area contributed by atoms with Gasteiger partial charge in [0.15, 0.2) is 0 Å². The number of benzene rings is 2. The Labute approximate surface area is 139 Å². The van der Waals surface area contributed by atoms with E-state index in [1.165, 1.54) is 47.8 Å². The average Bonchev–Trinajstić information content (AvgIpc) is 2.48. The smallest absolute Gasteiger partial charge is 0.258 e. The molecule has 0 atom stereocenters. The molecule has 0 aliphatic rings. The second-order valence-corrected chi connectivity index (χ2v) is 7.31. The van der Waals surface area contributed by atoms with E-state index in [1.807, 2.05) is 0 Å². The Balaban J connectivity index is 1.97. The highest BCUT2D eigenvalue weighted by atomic mass is 32.2. The lowest BCUT2D eigenvalue weighted by Gasteiger charge is -2.03. The molecule has 112 valence electrons. The highest BCUT2D eigenvalue weighted by molar-refractivity contribution is 8.47. The van der Waals surface area contributed by atoms with Crippen LogP contribution in [-0.2, 0) is 0 Å².